The molecular formula is C22H26NO3+. The average Bonchev–Trinajstić information content (AvgIpc) is 3.37. The molecule has 5 aliphatic rings. The van der Waals surface area contributed by atoms with Crippen LogP contribution in [0, 0.1) is 5.92 Å². The van der Waals surface area contributed by atoms with Gasteiger partial charge in [0, 0.05) is 29.9 Å². The third-order valence-corrected chi connectivity index (χ3v) is 7.70. The molecule has 1 aromatic rings. The highest BCUT2D eigenvalue weighted by Gasteiger charge is 2.66. The molecule has 1 N–H and O–H groups in total. The molecule has 4 nitrogen and oxygen atoms in total. The maximum absolute atomic E-state index is 10.5. The Labute approximate surface area is 154 Å². The van der Waals surface area contributed by atoms with Crippen LogP contribution < -0.4 is 4.74 Å². The summed E-state index contributed by atoms with van der Waals surface area (Å²) in [6.45, 7) is 2.47. The zero-order valence-electron chi connectivity index (χ0n) is 15.5. The lowest BCUT2D eigenvalue weighted by Crippen LogP contribution is -2.67. The summed E-state index contributed by atoms with van der Waals surface area (Å²) in [5, 5.41) is 10.5. The normalized spacial score (nSPS) is 38.8. The van der Waals surface area contributed by atoms with Gasteiger partial charge in [0.2, 0.25) is 0 Å². The Morgan fingerprint density at radius 3 is 2.92 bits per heavy atom. The minimum atomic E-state index is -0.145. The Hall–Kier alpha value is -1.94. The van der Waals surface area contributed by atoms with Crippen LogP contribution in [0.4, 0.5) is 0 Å². The van der Waals surface area contributed by atoms with Gasteiger partial charge in [-0.15, -0.1) is 0 Å². The van der Waals surface area contributed by atoms with Crippen molar-refractivity contribution in [3.63, 3.8) is 0 Å². The number of quaternary nitrogens is 1. The van der Waals surface area contributed by atoms with Crippen LogP contribution in [-0.2, 0) is 16.6 Å². The number of likely N-dealkylation sites (tertiary alicyclic amines) is 1. The Bertz CT molecular complexity index is 884. The van der Waals surface area contributed by atoms with Crippen LogP contribution in [0.1, 0.15) is 30.4 Å². The van der Waals surface area contributed by atoms with E-state index in [0.29, 0.717) is 11.8 Å². The average molecular weight is 352 g/mol. The largest absolute Gasteiger partial charge is 0.504 e. The number of benzene rings is 1. The van der Waals surface area contributed by atoms with Crippen molar-refractivity contribution in [2.24, 2.45) is 5.92 Å². The van der Waals surface area contributed by atoms with Crippen LogP contribution in [0.15, 0.2) is 35.6 Å². The summed E-state index contributed by atoms with van der Waals surface area (Å²) in [5.74, 6) is 2.76. The minimum absolute atomic E-state index is 0.132. The summed E-state index contributed by atoms with van der Waals surface area (Å²) in [6, 6.07) is 4.45. The van der Waals surface area contributed by atoms with Gasteiger partial charge in [0.05, 0.1) is 32.7 Å². The molecule has 4 atom stereocenters. The van der Waals surface area contributed by atoms with Crippen LogP contribution in [-0.4, -0.2) is 49.0 Å². The summed E-state index contributed by atoms with van der Waals surface area (Å²) in [5.41, 5.74) is 3.97. The molecule has 26 heavy (non-hydrogen) atoms. The van der Waals surface area contributed by atoms with E-state index in [2.05, 4.69) is 25.3 Å². The Balaban J connectivity index is 1.59. The molecule has 2 bridgehead atoms. The molecule has 136 valence electrons. The lowest BCUT2D eigenvalue weighted by molar-refractivity contribution is -0.935. The summed E-state index contributed by atoms with van der Waals surface area (Å²) < 4.78 is 13.2. The lowest BCUT2D eigenvalue weighted by atomic mass is 9.56. The number of phenolic OH excluding ortho intramolecular Hbond substituents is 1. The van der Waals surface area contributed by atoms with Crippen molar-refractivity contribution < 1.29 is 19.1 Å². The number of likely N-dealkylation sites (N-methyl/N-ethyl adjacent to an activating group) is 1. The van der Waals surface area contributed by atoms with E-state index in [-0.39, 0.29) is 17.3 Å². The second-order valence-corrected chi connectivity index (χ2v) is 9.11. The second kappa shape index (κ2) is 4.66. The van der Waals surface area contributed by atoms with Crippen LogP contribution in [0.25, 0.3) is 0 Å². The van der Waals surface area contributed by atoms with Crippen molar-refractivity contribution >= 4 is 0 Å². The molecule has 2 aliphatic heterocycles. The minimum Gasteiger partial charge on any atom is -0.504 e. The molecule has 1 saturated heterocycles. The van der Waals surface area contributed by atoms with E-state index in [1.54, 1.807) is 7.11 Å². The van der Waals surface area contributed by atoms with Gasteiger partial charge in [-0.25, -0.2) is 0 Å². The quantitative estimate of drug-likeness (QED) is 0.850. The third-order valence-electron chi connectivity index (χ3n) is 7.70. The molecule has 1 aromatic carbocycles. The molecule has 6 rings (SSSR count). The Kier molecular flexibility index (Phi) is 2.72. The number of piperidine rings is 1. The number of hydrogen-bond acceptors (Lipinski definition) is 3. The zero-order valence-corrected chi connectivity index (χ0v) is 15.5. The van der Waals surface area contributed by atoms with E-state index >= 15 is 0 Å². The molecule has 3 aliphatic carbocycles. The molecule has 1 saturated carbocycles. The van der Waals surface area contributed by atoms with E-state index in [0.717, 1.165) is 29.0 Å². The third kappa shape index (κ3) is 1.65. The topological polar surface area (TPSA) is 38.7 Å². The predicted molar refractivity (Wildman–Crippen MR) is 98.1 cm³/mol. The number of hydrogen-bond donors (Lipinski definition) is 1. The zero-order chi connectivity index (χ0) is 17.7. The lowest BCUT2D eigenvalue weighted by Gasteiger charge is -2.57. The number of methoxy groups -OCH3 is 1. The number of ether oxygens (including phenoxy) is 2. The van der Waals surface area contributed by atoms with E-state index < -0.39 is 0 Å². The first-order chi connectivity index (χ1) is 12.6. The van der Waals surface area contributed by atoms with Gasteiger partial charge in [-0.05, 0) is 30.5 Å². The molecule has 2 heterocycles. The molecule has 1 spiro atoms. The van der Waals surface area contributed by atoms with Gasteiger partial charge in [-0.2, -0.15) is 0 Å². The van der Waals surface area contributed by atoms with E-state index in [1.165, 1.54) is 42.6 Å². The second-order valence-electron chi connectivity index (χ2n) is 9.11. The number of nitrogens with zero attached hydrogens (tertiary/aromatic N) is 1. The maximum Gasteiger partial charge on any atom is 0.169 e. The number of rotatable bonds is 3. The van der Waals surface area contributed by atoms with Gasteiger partial charge in [0.15, 0.2) is 17.6 Å². The van der Waals surface area contributed by atoms with Crippen molar-refractivity contribution in [2.75, 3.05) is 27.2 Å². The van der Waals surface area contributed by atoms with Crippen molar-refractivity contribution in [1.29, 1.82) is 0 Å². The fraction of sp³-hybridized carbons (Fsp3) is 0.545. The van der Waals surface area contributed by atoms with Gasteiger partial charge in [-0.3, -0.25) is 0 Å². The van der Waals surface area contributed by atoms with Crippen LogP contribution in [0.3, 0.4) is 0 Å². The Morgan fingerprint density at radius 1 is 1.31 bits per heavy atom. The summed E-state index contributed by atoms with van der Waals surface area (Å²) >= 11 is 0. The SMILES string of the molecule is COC1=CC=C2[C@H]3Cc4ccc(O)c5c4[C@@]2(CC[N@@+]3(C)CC2CC2)[C@H]1O5. The molecule has 2 fully saturated rings. The van der Waals surface area contributed by atoms with Crippen LogP contribution >= 0.6 is 0 Å². The fourth-order valence-corrected chi connectivity index (χ4v) is 6.30. The van der Waals surface area contributed by atoms with Crippen LogP contribution in [0.2, 0.25) is 0 Å². The van der Waals surface area contributed by atoms with E-state index in [4.69, 9.17) is 9.47 Å². The van der Waals surface area contributed by atoms with Gasteiger partial charge in [-0.1, -0.05) is 12.1 Å². The molecule has 4 heteroatoms. The van der Waals surface area contributed by atoms with Crippen molar-refractivity contribution in [2.45, 2.75) is 43.2 Å². The van der Waals surface area contributed by atoms with Crippen molar-refractivity contribution in [1.82, 2.24) is 0 Å². The van der Waals surface area contributed by atoms with E-state index in [1.807, 2.05) is 6.07 Å². The Morgan fingerprint density at radius 2 is 2.15 bits per heavy atom. The summed E-state index contributed by atoms with van der Waals surface area (Å²) in [6.07, 6.45) is 9.20. The number of allylic oxidation sites excluding steroid dienone is 2. The smallest absolute Gasteiger partial charge is 0.169 e. The van der Waals surface area contributed by atoms with E-state index in [9.17, 15) is 5.11 Å². The fourth-order valence-electron chi connectivity index (χ4n) is 6.30. The number of aromatic hydroxyl groups is 1. The summed E-state index contributed by atoms with van der Waals surface area (Å²) in [7, 11) is 4.19. The van der Waals surface area contributed by atoms with Gasteiger partial charge >= 0.3 is 0 Å². The van der Waals surface area contributed by atoms with Crippen LogP contribution in [0.5, 0.6) is 11.5 Å². The molecule has 0 radical (unpaired) electrons. The predicted octanol–water partition coefficient (Wildman–Crippen LogP) is 3.05. The van der Waals surface area contributed by atoms with Gasteiger partial charge in [0.1, 0.15) is 11.8 Å². The molecule has 0 aromatic heterocycles. The molecule has 0 unspecified atom stereocenters. The maximum atomic E-state index is 10.5. The monoisotopic (exact) mass is 352 g/mol. The highest BCUT2D eigenvalue weighted by Crippen LogP contribution is 2.63. The first kappa shape index (κ1) is 15.2. The number of phenols is 1. The van der Waals surface area contributed by atoms with Crippen molar-refractivity contribution in [3.8, 4) is 11.5 Å². The summed E-state index contributed by atoms with van der Waals surface area (Å²) in [4.78, 5) is 0. The van der Waals surface area contributed by atoms with Gasteiger partial charge in [0.25, 0.3) is 0 Å². The molecule has 0 amide bonds. The molecular weight excluding hydrogens is 326 g/mol. The highest BCUT2D eigenvalue weighted by atomic mass is 16.5. The standard InChI is InChI=1S/C22H25NO3/c1-23(12-13-3-4-13)10-9-22-15-6-8-18(25-2)21(22)26-20-17(24)7-5-14(19(20)22)11-16(15)23/h5-8,13,16,21H,3-4,9-12H2,1-2H3/p+1/t16-,21+,22+,23+/m1/s1. The van der Waals surface area contributed by atoms with Crippen molar-refractivity contribution in [3.05, 3.63) is 46.7 Å². The van der Waals surface area contributed by atoms with Gasteiger partial charge < -0.3 is 19.1 Å². The first-order valence-corrected chi connectivity index (χ1v) is 9.89. The first-order valence-electron chi connectivity index (χ1n) is 9.89. The highest BCUT2D eigenvalue weighted by molar-refractivity contribution is 5.66.